The molecule has 1 atom stereocenters. The fourth-order valence-electron chi connectivity index (χ4n) is 3.81. The quantitative estimate of drug-likeness (QED) is 0.789. The molecule has 1 unspecified atom stereocenters. The molecule has 1 fully saturated rings. The molecule has 0 aromatic heterocycles. The number of rotatable bonds is 1. The van der Waals surface area contributed by atoms with Crippen LogP contribution in [0.25, 0.3) is 0 Å². The minimum absolute atomic E-state index is 0.123. The van der Waals surface area contributed by atoms with Gasteiger partial charge in [0.25, 0.3) is 0 Å². The molecule has 0 spiro atoms. The van der Waals surface area contributed by atoms with Crippen molar-refractivity contribution < 1.29 is 14.3 Å². The van der Waals surface area contributed by atoms with Crippen LogP contribution in [0.15, 0.2) is 34.3 Å². The zero-order chi connectivity index (χ0) is 20.6. The van der Waals surface area contributed by atoms with Crippen molar-refractivity contribution in [3.63, 3.8) is 0 Å². The predicted molar refractivity (Wildman–Crippen MR) is 110 cm³/mol. The molecule has 3 heterocycles. The Morgan fingerprint density at radius 2 is 2.00 bits per heavy atom. The fourth-order valence-corrected chi connectivity index (χ4v) is 3.81. The van der Waals surface area contributed by atoms with Crippen LogP contribution in [0.2, 0.25) is 0 Å². The summed E-state index contributed by atoms with van der Waals surface area (Å²) in [6.45, 7) is 7.85. The Bertz CT molecular complexity index is 887. The second kappa shape index (κ2) is 7.50. The third kappa shape index (κ3) is 4.11. The normalized spacial score (nSPS) is 21.0. The number of piperidine rings is 1. The lowest BCUT2D eigenvalue weighted by atomic mass is 9.97. The number of carbonyl (C=O) groups is 2. The van der Waals surface area contributed by atoms with E-state index < -0.39 is 5.60 Å². The standard InChI is InChI=1S/C21H27N5O3/c1-21(2,3)29-20(28)25-11-6-7-14(13-25)18(27)24-19-23-16-9-5-4-8-15(16)17-22-10-12-26(17)19/h4-5,8-9,14H,6-7,10-13H2,1-3H3,(H,23,24,27). The van der Waals surface area contributed by atoms with Crippen molar-refractivity contribution in [3.05, 3.63) is 29.8 Å². The van der Waals surface area contributed by atoms with Crippen molar-refractivity contribution in [2.75, 3.05) is 26.2 Å². The Hall–Kier alpha value is -2.90. The number of ether oxygens (including phenoxy) is 1. The van der Waals surface area contributed by atoms with Crippen LogP contribution in [0.4, 0.5) is 10.5 Å². The van der Waals surface area contributed by atoms with Crippen LogP contribution in [0.1, 0.15) is 39.2 Å². The predicted octanol–water partition coefficient (Wildman–Crippen LogP) is 2.51. The maximum atomic E-state index is 13.0. The zero-order valence-corrected chi connectivity index (χ0v) is 17.1. The van der Waals surface area contributed by atoms with Crippen molar-refractivity contribution >= 4 is 29.5 Å². The van der Waals surface area contributed by atoms with Gasteiger partial charge in [-0.05, 0) is 45.7 Å². The molecule has 3 aliphatic heterocycles. The van der Waals surface area contributed by atoms with E-state index in [0.717, 1.165) is 29.9 Å². The fraction of sp³-hybridized carbons (Fsp3) is 0.524. The first-order valence-corrected chi connectivity index (χ1v) is 10.1. The summed E-state index contributed by atoms with van der Waals surface area (Å²) >= 11 is 0. The van der Waals surface area contributed by atoms with Crippen LogP contribution in [0.5, 0.6) is 0 Å². The van der Waals surface area contributed by atoms with E-state index in [1.54, 1.807) is 4.90 Å². The van der Waals surface area contributed by atoms with Gasteiger partial charge in [0.1, 0.15) is 11.4 Å². The largest absolute Gasteiger partial charge is 0.444 e. The molecule has 1 saturated heterocycles. The molecule has 2 amide bonds. The summed E-state index contributed by atoms with van der Waals surface area (Å²) < 4.78 is 5.46. The van der Waals surface area contributed by atoms with Gasteiger partial charge >= 0.3 is 6.09 Å². The summed E-state index contributed by atoms with van der Waals surface area (Å²) in [6.07, 6.45) is 1.13. The monoisotopic (exact) mass is 397 g/mol. The smallest absolute Gasteiger partial charge is 0.410 e. The van der Waals surface area contributed by atoms with Gasteiger partial charge in [0.05, 0.1) is 18.2 Å². The lowest BCUT2D eigenvalue weighted by Gasteiger charge is -2.34. The van der Waals surface area contributed by atoms with Gasteiger partial charge < -0.3 is 9.64 Å². The summed E-state index contributed by atoms with van der Waals surface area (Å²) in [6, 6.07) is 7.80. The molecule has 1 N–H and O–H groups in total. The summed E-state index contributed by atoms with van der Waals surface area (Å²) in [5, 5.41) is 2.99. The molecule has 0 aliphatic carbocycles. The Balaban J connectivity index is 1.46. The number of fused-ring (bicyclic) bond motifs is 3. The average molecular weight is 397 g/mol. The molecule has 0 bridgehead atoms. The van der Waals surface area contributed by atoms with E-state index >= 15 is 0 Å². The number of para-hydroxylation sites is 1. The number of guanidine groups is 1. The number of hydrogen-bond acceptors (Lipinski definition) is 6. The summed E-state index contributed by atoms with van der Waals surface area (Å²) in [5.74, 6) is 0.950. The minimum atomic E-state index is -0.554. The third-order valence-corrected chi connectivity index (χ3v) is 5.15. The Morgan fingerprint density at radius 1 is 1.21 bits per heavy atom. The molecule has 154 valence electrons. The van der Waals surface area contributed by atoms with E-state index in [-0.39, 0.29) is 17.9 Å². The average Bonchev–Trinajstić information content (AvgIpc) is 3.17. The third-order valence-electron chi connectivity index (χ3n) is 5.15. The summed E-state index contributed by atoms with van der Waals surface area (Å²) in [4.78, 5) is 38.2. The van der Waals surface area contributed by atoms with E-state index in [2.05, 4.69) is 15.3 Å². The molecule has 0 saturated carbocycles. The number of amidine groups is 1. The second-order valence-corrected chi connectivity index (χ2v) is 8.56. The van der Waals surface area contributed by atoms with Crippen LogP contribution in [0.3, 0.4) is 0 Å². The highest BCUT2D eigenvalue weighted by molar-refractivity contribution is 6.18. The van der Waals surface area contributed by atoms with Gasteiger partial charge in [-0.1, -0.05) is 12.1 Å². The molecular formula is C21H27N5O3. The number of carbonyl (C=O) groups excluding carboxylic acids is 2. The highest BCUT2D eigenvalue weighted by Crippen LogP contribution is 2.28. The number of aliphatic imine (C=N–C) groups is 2. The molecule has 1 aromatic rings. The van der Waals surface area contributed by atoms with Gasteiger partial charge in [0.2, 0.25) is 11.9 Å². The first-order chi connectivity index (χ1) is 13.8. The van der Waals surface area contributed by atoms with Crippen LogP contribution in [-0.2, 0) is 9.53 Å². The van der Waals surface area contributed by atoms with E-state index in [0.29, 0.717) is 32.1 Å². The number of likely N-dealkylation sites (tertiary alicyclic amines) is 1. The lowest BCUT2D eigenvalue weighted by Crippen LogP contribution is -2.52. The number of nitrogens with zero attached hydrogens (tertiary/aromatic N) is 4. The molecule has 8 heteroatoms. The summed E-state index contributed by atoms with van der Waals surface area (Å²) in [7, 11) is 0. The Morgan fingerprint density at radius 3 is 2.79 bits per heavy atom. The van der Waals surface area contributed by atoms with E-state index in [9.17, 15) is 9.59 Å². The number of nitrogens with one attached hydrogen (secondary N) is 1. The first kappa shape index (κ1) is 19.4. The highest BCUT2D eigenvalue weighted by atomic mass is 16.6. The van der Waals surface area contributed by atoms with E-state index in [4.69, 9.17) is 4.74 Å². The number of benzene rings is 1. The van der Waals surface area contributed by atoms with Crippen molar-refractivity contribution in [2.45, 2.75) is 39.2 Å². The van der Waals surface area contributed by atoms with Crippen LogP contribution >= 0.6 is 0 Å². The van der Waals surface area contributed by atoms with E-state index in [1.165, 1.54) is 0 Å². The molecule has 4 rings (SSSR count). The Labute approximate surface area is 170 Å². The van der Waals surface area contributed by atoms with Crippen molar-refractivity contribution in [2.24, 2.45) is 15.9 Å². The maximum Gasteiger partial charge on any atom is 0.410 e. The minimum Gasteiger partial charge on any atom is -0.444 e. The maximum absolute atomic E-state index is 13.0. The Kier molecular flexibility index (Phi) is 5.02. The van der Waals surface area contributed by atoms with Gasteiger partial charge in [-0.15, -0.1) is 0 Å². The highest BCUT2D eigenvalue weighted by Gasteiger charge is 2.34. The molecule has 8 nitrogen and oxygen atoms in total. The van der Waals surface area contributed by atoms with Crippen molar-refractivity contribution in [3.8, 4) is 0 Å². The van der Waals surface area contributed by atoms with Crippen LogP contribution in [0, 0.1) is 5.92 Å². The van der Waals surface area contributed by atoms with Crippen LogP contribution in [-0.4, -0.2) is 65.4 Å². The van der Waals surface area contributed by atoms with Gasteiger partial charge in [0.15, 0.2) is 0 Å². The topological polar surface area (TPSA) is 86.6 Å². The van der Waals surface area contributed by atoms with Gasteiger partial charge in [-0.3, -0.25) is 20.0 Å². The van der Waals surface area contributed by atoms with Gasteiger partial charge in [-0.25, -0.2) is 9.79 Å². The molecule has 1 aromatic carbocycles. The number of hydrogen-bond donors (Lipinski definition) is 1. The molecular weight excluding hydrogens is 370 g/mol. The van der Waals surface area contributed by atoms with Crippen LogP contribution < -0.4 is 5.32 Å². The molecule has 29 heavy (non-hydrogen) atoms. The van der Waals surface area contributed by atoms with Gasteiger partial charge in [-0.2, -0.15) is 0 Å². The second-order valence-electron chi connectivity index (χ2n) is 8.56. The molecule has 3 aliphatic rings. The molecule has 0 radical (unpaired) electrons. The van der Waals surface area contributed by atoms with Crippen molar-refractivity contribution in [1.82, 2.24) is 15.1 Å². The van der Waals surface area contributed by atoms with Gasteiger partial charge in [0, 0.05) is 25.2 Å². The zero-order valence-electron chi connectivity index (χ0n) is 17.1. The summed E-state index contributed by atoms with van der Waals surface area (Å²) in [5.41, 5.74) is 1.23. The number of amides is 2. The lowest BCUT2D eigenvalue weighted by molar-refractivity contribution is -0.125. The van der Waals surface area contributed by atoms with Crippen molar-refractivity contribution in [1.29, 1.82) is 0 Å². The van der Waals surface area contributed by atoms with E-state index in [1.807, 2.05) is 49.9 Å². The SMILES string of the molecule is CC(C)(C)OC(=O)N1CCCC(C(=O)NC2=Nc3ccccc3C3=NCCN23)C1. The first-order valence-electron chi connectivity index (χ1n) is 10.1.